The molecule has 0 aliphatic carbocycles. The second kappa shape index (κ2) is 6.55. The van der Waals surface area contributed by atoms with Gasteiger partial charge in [-0.15, -0.1) is 11.3 Å². The van der Waals surface area contributed by atoms with Crippen LogP contribution in [-0.2, 0) is 10.0 Å². The van der Waals surface area contributed by atoms with Crippen molar-refractivity contribution >= 4 is 26.5 Å². The van der Waals surface area contributed by atoms with Crippen molar-refractivity contribution < 1.29 is 8.42 Å². The third kappa shape index (κ3) is 4.03. The third-order valence-corrected chi connectivity index (χ3v) is 5.40. The van der Waals surface area contributed by atoms with Crippen molar-refractivity contribution in [2.24, 2.45) is 0 Å². The molecular formula is C14H19N3O2S2. The fourth-order valence-corrected chi connectivity index (χ4v) is 3.88. The molecule has 0 radical (unpaired) electrons. The minimum atomic E-state index is -3.58. The summed E-state index contributed by atoms with van der Waals surface area (Å²) in [5.41, 5.74) is 1.86. The molecule has 1 heterocycles. The SMILES string of the molecule is CCNC(C)c1ccc(S(=O)(=O)Nc2nc(C)cs2)cc1. The van der Waals surface area contributed by atoms with Gasteiger partial charge in [-0.1, -0.05) is 19.1 Å². The molecule has 0 amide bonds. The molecule has 0 fully saturated rings. The van der Waals surface area contributed by atoms with Gasteiger partial charge in [-0.05, 0) is 38.1 Å². The topological polar surface area (TPSA) is 71.1 Å². The maximum atomic E-state index is 12.3. The van der Waals surface area contributed by atoms with Crippen molar-refractivity contribution in [3.05, 3.63) is 40.9 Å². The van der Waals surface area contributed by atoms with Crippen molar-refractivity contribution in [1.82, 2.24) is 10.3 Å². The van der Waals surface area contributed by atoms with Gasteiger partial charge >= 0.3 is 0 Å². The highest BCUT2D eigenvalue weighted by atomic mass is 32.2. The van der Waals surface area contributed by atoms with E-state index in [0.29, 0.717) is 5.13 Å². The second-order valence-corrected chi connectivity index (χ2v) is 7.29. The van der Waals surface area contributed by atoms with E-state index in [-0.39, 0.29) is 10.9 Å². The maximum Gasteiger partial charge on any atom is 0.263 e. The molecule has 0 aliphatic heterocycles. The van der Waals surface area contributed by atoms with Crippen LogP contribution in [0.3, 0.4) is 0 Å². The number of thiazole rings is 1. The van der Waals surface area contributed by atoms with Crippen LogP contribution in [0.5, 0.6) is 0 Å². The lowest BCUT2D eigenvalue weighted by Gasteiger charge is -2.13. The van der Waals surface area contributed by atoms with E-state index in [1.54, 1.807) is 17.5 Å². The van der Waals surface area contributed by atoms with Gasteiger partial charge in [-0.25, -0.2) is 13.4 Å². The Morgan fingerprint density at radius 3 is 2.48 bits per heavy atom. The number of nitrogens with zero attached hydrogens (tertiary/aromatic N) is 1. The standard InChI is InChI=1S/C14H19N3O2S2/c1-4-15-11(3)12-5-7-13(8-6-12)21(18,19)17-14-16-10(2)9-20-14/h5-9,11,15H,4H2,1-3H3,(H,16,17). The Morgan fingerprint density at radius 2 is 1.95 bits per heavy atom. The number of aryl methyl sites for hydroxylation is 1. The van der Waals surface area contributed by atoms with Crippen LogP contribution in [0, 0.1) is 6.92 Å². The smallest absolute Gasteiger partial charge is 0.263 e. The summed E-state index contributed by atoms with van der Waals surface area (Å²) in [5, 5.41) is 5.48. The minimum absolute atomic E-state index is 0.196. The first kappa shape index (κ1) is 15.9. The van der Waals surface area contributed by atoms with Crippen LogP contribution in [0.15, 0.2) is 34.5 Å². The van der Waals surface area contributed by atoms with E-state index in [4.69, 9.17) is 0 Å². The predicted octanol–water partition coefficient (Wildman–Crippen LogP) is 2.92. The molecule has 21 heavy (non-hydrogen) atoms. The highest BCUT2D eigenvalue weighted by Crippen LogP contribution is 2.21. The first-order chi connectivity index (χ1) is 9.92. The number of hydrogen-bond donors (Lipinski definition) is 2. The summed E-state index contributed by atoms with van der Waals surface area (Å²) in [6.45, 7) is 6.77. The van der Waals surface area contributed by atoms with Crippen LogP contribution >= 0.6 is 11.3 Å². The number of hydrogen-bond acceptors (Lipinski definition) is 5. The van der Waals surface area contributed by atoms with Gasteiger partial charge in [0.2, 0.25) is 0 Å². The van der Waals surface area contributed by atoms with E-state index in [1.165, 1.54) is 11.3 Å². The quantitative estimate of drug-likeness (QED) is 0.856. The zero-order chi connectivity index (χ0) is 15.5. The molecule has 1 atom stereocenters. The Morgan fingerprint density at radius 1 is 1.29 bits per heavy atom. The molecule has 0 saturated carbocycles. The first-order valence-electron chi connectivity index (χ1n) is 6.70. The molecule has 2 rings (SSSR count). The summed E-state index contributed by atoms with van der Waals surface area (Å²) in [4.78, 5) is 4.35. The summed E-state index contributed by atoms with van der Waals surface area (Å²) in [7, 11) is -3.58. The molecule has 2 N–H and O–H groups in total. The van der Waals surface area contributed by atoms with Crippen LogP contribution < -0.4 is 10.0 Å². The van der Waals surface area contributed by atoms with Gasteiger partial charge < -0.3 is 5.32 Å². The zero-order valence-corrected chi connectivity index (χ0v) is 13.9. The largest absolute Gasteiger partial charge is 0.310 e. The first-order valence-corrected chi connectivity index (χ1v) is 9.07. The summed E-state index contributed by atoms with van der Waals surface area (Å²) < 4.78 is 27.0. The summed E-state index contributed by atoms with van der Waals surface area (Å²) in [6.07, 6.45) is 0. The lowest BCUT2D eigenvalue weighted by molar-refractivity contribution is 0.594. The van der Waals surface area contributed by atoms with E-state index in [0.717, 1.165) is 17.8 Å². The summed E-state index contributed by atoms with van der Waals surface area (Å²) in [5.74, 6) is 0. The second-order valence-electron chi connectivity index (χ2n) is 4.75. The Hall–Kier alpha value is -1.44. The van der Waals surface area contributed by atoms with Gasteiger partial charge in [0, 0.05) is 11.4 Å². The van der Waals surface area contributed by atoms with Crippen LogP contribution in [0.1, 0.15) is 31.1 Å². The van der Waals surface area contributed by atoms with E-state index in [2.05, 4.69) is 15.0 Å². The molecule has 1 unspecified atom stereocenters. The molecule has 0 spiro atoms. The van der Waals surface area contributed by atoms with E-state index in [9.17, 15) is 8.42 Å². The van der Waals surface area contributed by atoms with Crippen LogP contribution in [0.2, 0.25) is 0 Å². The summed E-state index contributed by atoms with van der Waals surface area (Å²) in [6, 6.07) is 7.09. The van der Waals surface area contributed by atoms with Crippen molar-refractivity contribution in [2.75, 3.05) is 11.3 Å². The molecule has 0 bridgehead atoms. The van der Waals surface area contributed by atoms with Crippen molar-refractivity contribution in [2.45, 2.75) is 31.7 Å². The molecule has 0 aliphatic rings. The molecule has 1 aromatic heterocycles. The Kier molecular flexibility index (Phi) is 4.97. The lowest BCUT2D eigenvalue weighted by Crippen LogP contribution is -2.18. The van der Waals surface area contributed by atoms with Gasteiger partial charge in [-0.2, -0.15) is 0 Å². The van der Waals surface area contributed by atoms with Gasteiger partial charge in [-0.3, -0.25) is 4.72 Å². The highest BCUT2D eigenvalue weighted by molar-refractivity contribution is 7.93. The van der Waals surface area contributed by atoms with Gasteiger partial charge in [0.05, 0.1) is 10.6 Å². The van der Waals surface area contributed by atoms with Crippen LogP contribution in [0.4, 0.5) is 5.13 Å². The zero-order valence-electron chi connectivity index (χ0n) is 12.3. The highest BCUT2D eigenvalue weighted by Gasteiger charge is 2.16. The van der Waals surface area contributed by atoms with Crippen molar-refractivity contribution in [1.29, 1.82) is 0 Å². The van der Waals surface area contributed by atoms with Gasteiger partial charge in [0.25, 0.3) is 10.0 Å². The molecule has 7 heteroatoms. The normalized spacial score (nSPS) is 13.1. The number of nitrogens with one attached hydrogen (secondary N) is 2. The number of rotatable bonds is 6. The Labute approximate surface area is 129 Å². The average Bonchev–Trinajstić information content (AvgIpc) is 2.84. The molecule has 114 valence electrons. The van der Waals surface area contributed by atoms with E-state index < -0.39 is 10.0 Å². The van der Waals surface area contributed by atoms with Crippen LogP contribution in [-0.4, -0.2) is 19.9 Å². The maximum absolute atomic E-state index is 12.3. The predicted molar refractivity (Wildman–Crippen MR) is 86.2 cm³/mol. The van der Waals surface area contributed by atoms with E-state index >= 15 is 0 Å². The van der Waals surface area contributed by atoms with Gasteiger partial charge in [0.15, 0.2) is 5.13 Å². The van der Waals surface area contributed by atoms with Crippen molar-refractivity contribution in [3.8, 4) is 0 Å². The molecule has 5 nitrogen and oxygen atoms in total. The third-order valence-electron chi connectivity index (χ3n) is 3.04. The molecule has 2 aromatic rings. The monoisotopic (exact) mass is 325 g/mol. The molecular weight excluding hydrogens is 306 g/mol. The van der Waals surface area contributed by atoms with Gasteiger partial charge in [0.1, 0.15) is 0 Å². The van der Waals surface area contributed by atoms with E-state index in [1.807, 2.05) is 32.9 Å². The average molecular weight is 325 g/mol. The van der Waals surface area contributed by atoms with Crippen molar-refractivity contribution in [3.63, 3.8) is 0 Å². The fraction of sp³-hybridized carbons (Fsp3) is 0.357. The Balaban J connectivity index is 2.17. The number of benzene rings is 1. The van der Waals surface area contributed by atoms with Crippen LogP contribution in [0.25, 0.3) is 0 Å². The number of sulfonamides is 1. The molecule has 1 aromatic carbocycles. The number of anilines is 1. The number of aromatic nitrogens is 1. The fourth-order valence-electron chi connectivity index (χ4n) is 1.93. The Bertz CT molecular complexity index is 693. The minimum Gasteiger partial charge on any atom is -0.310 e. The lowest BCUT2D eigenvalue weighted by atomic mass is 10.1. The molecule has 0 saturated heterocycles. The summed E-state index contributed by atoms with van der Waals surface area (Å²) >= 11 is 1.27.